The predicted octanol–water partition coefficient (Wildman–Crippen LogP) is 1.79. The molecule has 3 N–H and O–H groups in total. The second kappa shape index (κ2) is 5.23. The van der Waals surface area contributed by atoms with Crippen LogP contribution >= 0.6 is 0 Å². The molecule has 0 unspecified atom stereocenters. The number of hydrogen-bond donors (Lipinski definition) is 2. The van der Waals surface area contributed by atoms with Crippen LogP contribution in [0.3, 0.4) is 0 Å². The Morgan fingerprint density at radius 3 is 2.65 bits per heavy atom. The zero-order chi connectivity index (χ0) is 12.1. The highest BCUT2D eigenvalue weighted by molar-refractivity contribution is 6.04. The van der Waals surface area contributed by atoms with Gasteiger partial charge in [0, 0.05) is 23.9 Å². The highest BCUT2D eigenvalue weighted by Crippen LogP contribution is 2.11. The van der Waals surface area contributed by atoms with Gasteiger partial charge in [-0.1, -0.05) is 24.3 Å². The summed E-state index contributed by atoms with van der Waals surface area (Å²) in [5.41, 5.74) is 6.99. The first-order chi connectivity index (χ1) is 8.31. The van der Waals surface area contributed by atoms with E-state index < -0.39 is 0 Å². The van der Waals surface area contributed by atoms with Gasteiger partial charge in [-0.3, -0.25) is 4.79 Å². The van der Waals surface area contributed by atoms with Gasteiger partial charge in [0.1, 0.15) is 5.82 Å². The normalized spacial score (nSPS) is 9.94. The van der Waals surface area contributed by atoms with Gasteiger partial charge in [-0.2, -0.15) is 0 Å². The largest absolute Gasteiger partial charge is 0.326 e. The molecule has 0 aliphatic rings. The van der Waals surface area contributed by atoms with Crippen LogP contribution < -0.4 is 11.1 Å². The molecular formula is C13H13N3O. The fourth-order valence-electron chi connectivity index (χ4n) is 1.49. The number of carbonyl (C=O) groups is 1. The van der Waals surface area contributed by atoms with Crippen molar-refractivity contribution in [2.24, 2.45) is 5.73 Å². The van der Waals surface area contributed by atoms with E-state index >= 15 is 0 Å². The van der Waals surface area contributed by atoms with Crippen LogP contribution in [0.4, 0.5) is 5.82 Å². The van der Waals surface area contributed by atoms with Gasteiger partial charge in [0.25, 0.3) is 5.91 Å². The van der Waals surface area contributed by atoms with E-state index in [0.29, 0.717) is 17.9 Å². The Kier molecular flexibility index (Phi) is 3.47. The topological polar surface area (TPSA) is 68.0 Å². The van der Waals surface area contributed by atoms with E-state index in [-0.39, 0.29) is 5.91 Å². The molecule has 0 bridgehead atoms. The van der Waals surface area contributed by atoms with E-state index in [0.717, 1.165) is 5.56 Å². The quantitative estimate of drug-likeness (QED) is 0.840. The van der Waals surface area contributed by atoms with Gasteiger partial charge >= 0.3 is 0 Å². The number of pyridine rings is 1. The molecule has 0 aliphatic heterocycles. The van der Waals surface area contributed by atoms with E-state index in [2.05, 4.69) is 10.3 Å². The number of aromatic nitrogens is 1. The maximum atomic E-state index is 11.9. The molecule has 0 saturated carbocycles. The van der Waals surface area contributed by atoms with E-state index in [4.69, 9.17) is 5.73 Å². The Morgan fingerprint density at radius 2 is 1.94 bits per heavy atom. The highest BCUT2D eigenvalue weighted by atomic mass is 16.1. The van der Waals surface area contributed by atoms with Gasteiger partial charge in [0.15, 0.2) is 0 Å². The number of carbonyl (C=O) groups excluding carboxylic acids is 1. The summed E-state index contributed by atoms with van der Waals surface area (Å²) >= 11 is 0. The first kappa shape index (κ1) is 11.3. The molecular weight excluding hydrogens is 214 g/mol. The molecule has 0 radical (unpaired) electrons. The molecule has 0 atom stereocenters. The van der Waals surface area contributed by atoms with Gasteiger partial charge < -0.3 is 11.1 Å². The monoisotopic (exact) mass is 227 g/mol. The lowest BCUT2D eigenvalue weighted by atomic mass is 10.2. The minimum Gasteiger partial charge on any atom is -0.326 e. The Morgan fingerprint density at radius 1 is 1.18 bits per heavy atom. The number of rotatable bonds is 3. The van der Waals surface area contributed by atoms with Crippen LogP contribution in [0.1, 0.15) is 15.9 Å². The third-order valence-corrected chi connectivity index (χ3v) is 2.38. The molecule has 0 saturated heterocycles. The molecule has 0 aliphatic carbocycles. The molecule has 2 aromatic rings. The fourth-order valence-corrected chi connectivity index (χ4v) is 1.49. The number of nitrogens with one attached hydrogen (secondary N) is 1. The van der Waals surface area contributed by atoms with Crippen molar-refractivity contribution in [1.82, 2.24) is 4.98 Å². The lowest BCUT2D eigenvalue weighted by Crippen LogP contribution is -2.15. The van der Waals surface area contributed by atoms with E-state index in [1.54, 1.807) is 24.4 Å². The van der Waals surface area contributed by atoms with Gasteiger partial charge in [0.05, 0.1) is 0 Å². The summed E-state index contributed by atoms with van der Waals surface area (Å²) in [6, 6.07) is 12.6. The Labute approximate surface area is 99.5 Å². The van der Waals surface area contributed by atoms with Crippen LogP contribution in [0.15, 0.2) is 48.7 Å². The second-order valence-electron chi connectivity index (χ2n) is 3.54. The smallest absolute Gasteiger partial charge is 0.256 e. The van der Waals surface area contributed by atoms with Gasteiger partial charge in [-0.05, 0) is 18.2 Å². The summed E-state index contributed by atoms with van der Waals surface area (Å²) in [6.45, 7) is 0.345. The minimum absolute atomic E-state index is 0.181. The maximum absolute atomic E-state index is 11.9. The summed E-state index contributed by atoms with van der Waals surface area (Å²) in [7, 11) is 0. The summed E-state index contributed by atoms with van der Waals surface area (Å²) < 4.78 is 0. The maximum Gasteiger partial charge on any atom is 0.256 e. The first-order valence-electron chi connectivity index (χ1n) is 5.31. The first-order valence-corrected chi connectivity index (χ1v) is 5.31. The molecule has 1 aromatic heterocycles. The van der Waals surface area contributed by atoms with Crippen LogP contribution in [0.5, 0.6) is 0 Å². The van der Waals surface area contributed by atoms with Gasteiger partial charge in [0.2, 0.25) is 0 Å². The SMILES string of the molecule is NCc1cccnc1NC(=O)c1ccccc1. The Bertz CT molecular complexity index is 511. The second-order valence-corrected chi connectivity index (χ2v) is 3.54. The molecule has 0 fully saturated rings. The molecule has 0 spiro atoms. The van der Waals surface area contributed by atoms with Crippen molar-refractivity contribution >= 4 is 11.7 Å². The summed E-state index contributed by atoms with van der Waals surface area (Å²) in [5, 5.41) is 2.75. The zero-order valence-corrected chi connectivity index (χ0v) is 9.26. The molecule has 2 rings (SSSR count). The number of anilines is 1. The highest BCUT2D eigenvalue weighted by Gasteiger charge is 2.08. The minimum atomic E-state index is -0.181. The lowest BCUT2D eigenvalue weighted by molar-refractivity contribution is 0.102. The standard InChI is InChI=1S/C13H13N3O/c14-9-11-7-4-8-15-12(11)16-13(17)10-5-2-1-3-6-10/h1-8H,9,14H2,(H,15,16,17). The summed E-state index contributed by atoms with van der Waals surface area (Å²) in [4.78, 5) is 16.0. The Balaban J connectivity index is 2.19. The van der Waals surface area contributed by atoms with Crippen molar-refractivity contribution in [1.29, 1.82) is 0 Å². The van der Waals surface area contributed by atoms with Crippen LogP contribution in [0, 0.1) is 0 Å². The van der Waals surface area contributed by atoms with Crippen LogP contribution in [-0.2, 0) is 6.54 Å². The average molecular weight is 227 g/mol. The molecule has 1 heterocycles. The number of hydrogen-bond acceptors (Lipinski definition) is 3. The van der Waals surface area contributed by atoms with Crippen molar-refractivity contribution in [3.63, 3.8) is 0 Å². The van der Waals surface area contributed by atoms with E-state index in [1.807, 2.05) is 24.3 Å². The lowest BCUT2D eigenvalue weighted by Gasteiger charge is -2.07. The van der Waals surface area contributed by atoms with Crippen molar-refractivity contribution < 1.29 is 4.79 Å². The van der Waals surface area contributed by atoms with Crippen LogP contribution in [0.25, 0.3) is 0 Å². The molecule has 4 nitrogen and oxygen atoms in total. The van der Waals surface area contributed by atoms with Gasteiger partial charge in [-0.25, -0.2) is 4.98 Å². The fraction of sp³-hybridized carbons (Fsp3) is 0.0769. The van der Waals surface area contributed by atoms with Crippen LogP contribution in [0.2, 0.25) is 0 Å². The molecule has 86 valence electrons. The van der Waals surface area contributed by atoms with Gasteiger partial charge in [-0.15, -0.1) is 0 Å². The third kappa shape index (κ3) is 2.68. The molecule has 17 heavy (non-hydrogen) atoms. The number of nitrogens with two attached hydrogens (primary N) is 1. The van der Waals surface area contributed by atoms with Crippen molar-refractivity contribution in [3.8, 4) is 0 Å². The predicted molar refractivity (Wildman–Crippen MR) is 66.5 cm³/mol. The Hall–Kier alpha value is -2.20. The average Bonchev–Trinajstić information content (AvgIpc) is 2.40. The van der Waals surface area contributed by atoms with Crippen molar-refractivity contribution in [3.05, 3.63) is 59.8 Å². The summed E-state index contributed by atoms with van der Waals surface area (Å²) in [5.74, 6) is 0.336. The molecule has 1 amide bonds. The van der Waals surface area contributed by atoms with E-state index in [9.17, 15) is 4.79 Å². The molecule has 4 heteroatoms. The number of benzene rings is 1. The van der Waals surface area contributed by atoms with E-state index in [1.165, 1.54) is 0 Å². The number of amides is 1. The van der Waals surface area contributed by atoms with Crippen LogP contribution in [-0.4, -0.2) is 10.9 Å². The zero-order valence-electron chi connectivity index (χ0n) is 9.26. The third-order valence-electron chi connectivity index (χ3n) is 2.38. The summed E-state index contributed by atoms with van der Waals surface area (Å²) in [6.07, 6.45) is 1.62. The molecule has 1 aromatic carbocycles. The number of nitrogens with zero attached hydrogens (tertiary/aromatic N) is 1. The van der Waals surface area contributed by atoms with Crippen molar-refractivity contribution in [2.75, 3.05) is 5.32 Å². The van der Waals surface area contributed by atoms with Crippen molar-refractivity contribution in [2.45, 2.75) is 6.54 Å².